The summed E-state index contributed by atoms with van der Waals surface area (Å²) in [6, 6.07) is 16.7. The number of pyridine rings is 1. The number of halogens is 4. The van der Waals surface area contributed by atoms with Crippen LogP contribution in [0.1, 0.15) is 60.3 Å². The van der Waals surface area contributed by atoms with E-state index < -0.39 is 46.5 Å². The van der Waals surface area contributed by atoms with Crippen molar-refractivity contribution in [1.82, 2.24) is 25.3 Å². The van der Waals surface area contributed by atoms with Gasteiger partial charge in [-0.25, -0.2) is 32.5 Å². The number of para-hydroxylation sites is 2. The summed E-state index contributed by atoms with van der Waals surface area (Å²) in [5.74, 6) is -5.20. The van der Waals surface area contributed by atoms with Crippen LogP contribution in [0.15, 0.2) is 97.5 Å². The van der Waals surface area contributed by atoms with Crippen LogP contribution >= 0.6 is 34.0 Å². The SMILES string of the molecule is C=C(N/C(=C\C)c1ccc2c(c1)-c1sc(C(=O)Nc3c(F)cccc3F)nc1CCC2)C1Cc2nc(C(=O)Nc3c(F)cccc3F)sc2-c2nc(-c3cccnc3)sc2C1. The van der Waals surface area contributed by atoms with Gasteiger partial charge >= 0.3 is 0 Å². The summed E-state index contributed by atoms with van der Waals surface area (Å²) in [6.45, 7) is 6.42. The van der Waals surface area contributed by atoms with Crippen LogP contribution in [0, 0.1) is 29.2 Å². The second-order valence-electron chi connectivity index (χ2n) is 14.4. The molecule has 0 spiro atoms. The number of benzene rings is 3. The average molecular weight is 876 g/mol. The van der Waals surface area contributed by atoms with Crippen molar-refractivity contribution in [2.24, 2.45) is 5.92 Å². The molecule has 2 amide bonds. The molecule has 3 aromatic carbocycles. The molecular weight excluding hydrogens is 843 g/mol. The summed E-state index contributed by atoms with van der Waals surface area (Å²) < 4.78 is 57.8. The first-order chi connectivity index (χ1) is 29.5. The van der Waals surface area contributed by atoms with Crippen molar-refractivity contribution in [3.8, 4) is 31.6 Å². The minimum atomic E-state index is -0.898. The third-order valence-electron chi connectivity index (χ3n) is 10.5. The molecule has 306 valence electrons. The zero-order valence-electron chi connectivity index (χ0n) is 32.2. The molecule has 9 rings (SSSR count). The van der Waals surface area contributed by atoms with E-state index in [9.17, 15) is 27.2 Å². The molecule has 9 nitrogen and oxygen atoms in total. The van der Waals surface area contributed by atoms with E-state index in [1.165, 1.54) is 34.8 Å². The number of allylic oxidation sites excluding steroid dienone is 2. The lowest BCUT2D eigenvalue weighted by Crippen LogP contribution is -2.22. The molecule has 0 bridgehead atoms. The van der Waals surface area contributed by atoms with Gasteiger partial charge in [-0.3, -0.25) is 14.6 Å². The Bertz CT molecular complexity index is 2880. The van der Waals surface area contributed by atoms with Gasteiger partial charge in [0, 0.05) is 40.1 Å². The Hall–Kier alpha value is -6.36. The second-order valence-corrected chi connectivity index (χ2v) is 17.5. The number of fused-ring (bicyclic) bond motifs is 6. The fourth-order valence-corrected chi connectivity index (χ4v) is 10.7. The minimum absolute atomic E-state index is 0.0374. The number of amides is 2. The summed E-state index contributed by atoms with van der Waals surface area (Å²) in [4.78, 5) is 47.8. The molecule has 0 fully saturated rings. The third kappa shape index (κ3) is 7.89. The van der Waals surface area contributed by atoms with E-state index in [1.54, 1.807) is 12.4 Å². The molecule has 2 aliphatic rings. The van der Waals surface area contributed by atoms with Gasteiger partial charge in [-0.1, -0.05) is 36.9 Å². The maximum atomic E-state index is 14.5. The first kappa shape index (κ1) is 40.1. The van der Waals surface area contributed by atoms with Crippen molar-refractivity contribution in [2.75, 3.05) is 10.6 Å². The normalized spacial score (nSPS) is 14.4. The average Bonchev–Trinajstić information content (AvgIpc) is 3.95. The summed E-state index contributed by atoms with van der Waals surface area (Å²) >= 11 is 3.83. The summed E-state index contributed by atoms with van der Waals surface area (Å²) in [5.41, 5.74) is 6.17. The van der Waals surface area contributed by atoms with Gasteiger partial charge in [0.25, 0.3) is 11.8 Å². The molecule has 4 heterocycles. The lowest BCUT2D eigenvalue weighted by atomic mass is 9.95. The van der Waals surface area contributed by atoms with Crippen LogP contribution < -0.4 is 16.0 Å². The largest absolute Gasteiger partial charge is 0.359 e. The van der Waals surface area contributed by atoms with Crippen molar-refractivity contribution in [3.63, 3.8) is 0 Å². The number of thiazole rings is 3. The molecular formula is C45H33F4N7O2S3. The van der Waals surface area contributed by atoms with E-state index in [0.717, 1.165) is 96.9 Å². The fourth-order valence-electron chi connectivity index (χ4n) is 7.43. The maximum Gasteiger partial charge on any atom is 0.284 e. The topological polar surface area (TPSA) is 122 Å². The zero-order chi connectivity index (χ0) is 42.4. The van der Waals surface area contributed by atoms with Gasteiger partial charge in [-0.05, 0) is 98.2 Å². The molecule has 7 aromatic rings. The van der Waals surface area contributed by atoms with Gasteiger partial charge < -0.3 is 16.0 Å². The Morgan fingerprint density at radius 3 is 2.07 bits per heavy atom. The number of carbonyl (C=O) groups is 2. The Kier molecular flexibility index (Phi) is 10.9. The number of anilines is 2. The first-order valence-electron chi connectivity index (χ1n) is 19.2. The summed E-state index contributed by atoms with van der Waals surface area (Å²) in [7, 11) is 0. The van der Waals surface area contributed by atoms with Crippen LogP contribution in [0.3, 0.4) is 0 Å². The van der Waals surface area contributed by atoms with Crippen LogP contribution in [0.5, 0.6) is 0 Å². The van der Waals surface area contributed by atoms with Crippen molar-refractivity contribution in [2.45, 2.75) is 39.0 Å². The predicted octanol–water partition coefficient (Wildman–Crippen LogP) is 10.9. The molecule has 1 unspecified atom stereocenters. The molecule has 1 atom stereocenters. The molecule has 3 N–H and O–H groups in total. The number of nitrogens with zero attached hydrogens (tertiary/aromatic N) is 4. The third-order valence-corrected chi connectivity index (χ3v) is 13.8. The van der Waals surface area contributed by atoms with E-state index in [1.807, 2.05) is 31.2 Å². The van der Waals surface area contributed by atoms with Gasteiger partial charge in [0.05, 0.1) is 26.8 Å². The molecule has 0 aliphatic heterocycles. The highest BCUT2D eigenvalue weighted by molar-refractivity contribution is 7.19. The van der Waals surface area contributed by atoms with Crippen LogP contribution in [0.4, 0.5) is 28.9 Å². The van der Waals surface area contributed by atoms with Gasteiger partial charge in [0.2, 0.25) is 0 Å². The number of hydrogen-bond acceptors (Lipinski definition) is 10. The number of hydrogen-bond donors (Lipinski definition) is 3. The zero-order valence-corrected chi connectivity index (χ0v) is 34.7. The predicted molar refractivity (Wildman–Crippen MR) is 231 cm³/mol. The monoisotopic (exact) mass is 875 g/mol. The molecule has 0 radical (unpaired) electrons. The smallest absolute Gasteiger partial charge is 0.284 e. The van der Waals surface area contributed by atoms with E-state index in [4.69, 9.17) is 9.97 Å². The van der Waals surface area contributed by atoms with Crippen LogP contribution in [0.2, 0.25) is 0 Å². The molecule has 61 heavy (non-hydrogen) atoms. The Balaban J connectivity index is 1.00. The highest BCUT2D eigenvalue weighted by Gasteiger charge is 2.32. The summed E-state index contributed by atoms with van der Waals surface area (Å²) in [6.07, 6.45) is 8.59. The standard InChI is InChI=1S/C45H33F4N7O2S3/c1-3-32(24-16-15-23-8-4-14-33-39(27(23)18-24)60-44(52-33)41(57)54-36-28(46)10-5-11-29(36)47)51-22(2)26-19-34-40(38-35(20-26)59-43(56-38)25-9-7-17-50-21-25)61-45(53-34)42(58)55-37-30(48)12-6-13-31(37)49/h3,5-7,9-13,15-18,21,26,51H,2,4,8,14,19-20H2,1H3,(H,54,57)(H,55,58)/b32-3-. The fraction of sp³-hybridized carbons (Fsp3) is 0.156. The highest BCUT2D eigenvalue weighted by atomic mass is 32.1. The highest BCUT2D eigenvalue weighted by Crippen LogP contribution is 2.44. The van der Waals surface area contributed by atoms with E-state index in [-0.39, 0.29) is 15.9 Å². The van der Waals surface area contributed by atoms with Crippen molar-refractivity contribution in [1.29, 1.82) is 0 Å². The molecule has 2 aliphatic carbocycles. The van der Waals surface area contributed by atoms with Crippen LogP contribution in [0.25, 0.3) is 37.3 Å². The maximum absolute atomic E-state index is 14.5. The lowest BCUT2D eigenvalue weighted by molar-refractivity contribution is 0.101. The molecule has 4 aromatic heterocycles. The Morgan fingerprint density at radius 1 is 0.770 bits per heavy atom. The number of aryl methyl sites for hydroxylation is 2. The van der Waals surface area contributed by atoms with Gasteiger partial charge in [-0.2, -0.15) is 0 Å². The first-order valence-corrected chi connectivity index (χ1v) is 21.7. The second kappa shape index (κ2) is 16.6. The number of carbonyl (C=O) groups excluding carboxylic acids is 2. The van der Waals surface area contributed by atoms with E-state index in [0.29, 0.717) is 41.2 Å². The van der Waals surface area contributed by atoms with Crippen molar-refractivity contribution >= 4 is 62.9 Å². The Morgan fingerprint density at radius 2 is 1.43 bits per heavy atom. The van der Waals surface area contributed by atoms with Crippen molar-refractivity contribution < 1.29 is 27.2 Å². The molecule has 16 heteroatoms. The minimum Gasteiger partial charge on any atom is -0.359 e. The van der Waals surface area contributed by atoms with Crippen LogP contribution in [-0.2, 0) is 25.7 Å². The van der Waals surface area contributed by atoms with Crippen molar-refractivity contribution in [3.05, 3.63) is 158 Å². The Labute approximate surface area is 359 Å². The van der Waals surface area contributed by atoms with Crippen LogP contribution in [-0.4, -0.2) is 31.8 Å². The number of aromatic nitrogens is 4. The molecule has 0 saturated carbocycles. The number of nitrogens with one attached hydrogen (secondary N) is 3. The quantitative estimate of drug-likeness (QED) is 0.123. The van der Waals surface area contributed by atoms with Gasteiger partial charge in [0.1, 0.15) is 39.7 Å². The number of rotatable bonds is 9. The van der Waals surface area contributed by atoms with E-state index >= 15 is 0 Å². The van der Waals surface area contributed by atoms with Gasteiger partial charge in [0.15, 0.2) is 10.0 Å². The lowest BCUT2D eigenvalue weighted by Gasteiger charge is -2.21. The molecule has 0 saturated heterocycles. The van der Waals surface area contributed by atoms with Gasteiger partial charge in [-0.15, -0.1) is 34.0 Å². The summed E-state index contributed by atoms with van der Waals surface area (Å²) in [5, 5.41) is 9.17. The van der Waals surface area contributed by atoms with E-state index in [2.05, 4.69) is 44.6 Å².